The monoisotopic (exact) mass is 436 g/mol. The van der Waals surface area contributed by atoms with Gasteiger partial charge in [0, 0.05) is 35.8 Å². The first kappa shape index (κ1) is 21.9. The van der Waals surface area contributed by atoms with Crippen LogP contribution in [0.2, 0.25) is 0 Å². The maximum absolute atomic E-state index is 12.9. The molecule has 0 bridgehead atoms. The van der Waals surface area contributed by atoms with Crippen LogP contribution in [0.15, 0.2) is 85.2 Å². The van der Waals surface area contributed by atoms with Gasteiger partial charge in [0.25, 0.3) is 11.8 Å². The lowest BCUT2D eigenvalue weighted by Crippen LogP contribution is -2.23. The Morgan fingerprint density at radius 1 is 0.788 bits per heavy atom. The fourth-order valence-corrected chi connectivity index (χ4v) is 3.56. The SMILES string of the molecule is Cc1cc(CNC(=O)c2ccccn2)ccc1C(=O)Nc1ccc(C)c(-c2ccccn2)c1. The van der Waals surface area contributed by atoms with Gasteiger partial charge in [-0.2, -0.15) is 0 Å². The van der Waals surface area contributed by atoms with Crippen molar-refractivity contribution in [1.82, 2.24) is 15.3 Å². The molecule has 0 saturated heterocycles. The van der Waals surface area contributed by atoms with E-state index >= 15 is 0 Å². The van der Waals surface area contributed by atoms with E-state index in [1.54, 1.807) is 36.7 Å². The number of benzene rings is 2. The highest BCUT2D eigenvalue weighted by Gasteiger charge is 2.12. The molecular weight excluding hydrogens is 412 g/mol. The number of aryl methyl sites for hydroxylation is 2. The second-order valence-electron chi connectivity index (χ2n) is 7.75. The van der Waals surface area contributed by atoms with Crippen molar-refractivity contribution in [3.63, 3.8) is 0 Å². The predicted molar refractivity (Wildman–Crippen MR) is 129 cm³/mol. The summed E-state index contributed by atoms with van der Waals surface area (Å²) >= 11 is 0. The number of hydrogen-bond acceptors (Lipinski definition) is 4. The molecule has 0 radical (unpaired) electrons. The number of carbonyl (C=O) groups is 2. The Hall–Kier alpha value is -4.32. The van der Waals surface area contributed by atoms with Gasteiger partial charge < -0.3 is 10.6 Å². The highest BCUT2D eigenvalue weighted by molar-refractivity contribution is 6.05. The van der Waals surface area contributed by atoms with Crippen LogP contribution in [0.3, 0.4) is 0 Å². The van der Waals surface area contributed by atoms with E-state index < -0.39 is 0 Å². The summed E-state index contributed by atoms with van der Waals surface area (Å²) in [6.07, 6.45) is 3.34. The molecule has 2 amide bonds. The fraction of sp³-hybridized carbons (Fsp3) is 0.111. The Kier molecular flexibility index (Phi) is 6.55. The van der Waals surface area contributed by atoms with Crippen molar-refractivity contribution >= 4 is 17.5 Å². The van der Waals surface area contributed by atoms with Crippen LogP contribution < -0.4 is 10.6 Å². The van der Waals surface area contributed by atoms with Gasteiger partial charge in [0.2, 0.25) is 0 Å². The average Bonchev–Trinajstić information content (AvgIpc) is 2.84. The molecule has 0 fully saturated rings. The predicted octanol–water partition coefficient (Wildman–Crippen LogP) is 4.94. The topological polar surface area (TPSA) is 84.0 Å². The van der Waals surface area contributed by atoms with Crippen molar-refractivity contribution in [2.24, 2.45) is 0 Å². The summed E-state index contributed by atoms with van der Waals surface area (Å²) in [5.74, 6) is -0.425. The number of aromatic nitrogens is 2. The Labute approximate surface area is 192 Å². The highest BCUT2D eigenvalue weighted by Crippen LogP contribution is 2.25. The Bertz CT molecular complexity index is 1290. The minimum Gasteiger partial charge on any atom is -0.347 e. The van der Waals surface area contributed by atoms with E-state index in [1.807, 2.05) is 62.4 Å². The zero-order chi connectivity index (χ0) is 23.2. The van der Waals surface area contributed by atoms with E-state index in [1.165, 1.54) is 0 Å². The summed E-state index contributed by atoms with van der Waals surface area (Å²) in [6.45, 7) is 4.25. The van der Waals surface area contributed by atoms with Gasteiger partial charge >= 0.3 is 0 Å². The lowest BCUT2D eigenvalue weighted by Gasteiger charge is -2.12. The van der Waals surface area contributed by atoms with E-state index in [2.05, 4.69) is 20.6 Å². The summed E-state index contributed by atoms with van der Waals surface area (Å²) in [6, 6.07) is 22.3. The number of pyridine rings is 2. The molecule has 6 heteroatoms. The first-order chi connectivity index (χ1) is 16.0. The van der Waals surface area contributed by atoms with E-state index in [4.69, 9.17) is 0 Å². The first-order valence-electron chi connectivity index (χ1n) is 10.6. The molecule has 2 N–H and O–H groups in total. The molecule has 0 aliphatic carbocycles. The van der Waals surface area contributed by atoms with Gasteiger partial charge in [-0.1, -0.05) is 30.3 Å². The van der Waals surface area contributed by atoms with Gasteiger partial charge in [0.15, 0.2) is 0 Å². The molecule has 2 heterocycles. The van der Waals surface area contributed by atoms with E-state index in [0.29, 0.717) is 23.5 Å². The molecule has 0 aliphatic rings. The van der Waals surface area contributed by atoms with Crippen LogP contribution in [0, 0.1) is 13.8 Å². The maximum Gasteiger partial charge on any atom is 0.270 e. The van der Waals surface area contributed by atoms with Gasteiger partial charge in [-0.15, -0.1) is 0 Å². The minimum absolute atomic E-state index is 0.188. The quantitative estimate of drug-likeness (QED) is 0.448. The number of nitrogens with one attached hydrogen (secondary N) is 2. The second-order valence-corrected chi connectivity index (χ2v) is 7.75. The van der Waals surface area contributed by atoms with Gasteiger partial charge in [0.1, 0.15) is 5.69 Å². The van der Waals surface area contributed by atoms with E-state index in [0.717, 1.165) is 27.9 Å². The highest BCUT2D eigenvalue weighted by atomic mass is 16.2. The van der Waals surface area contributed by atoms with Crippen molar-refractivity contribution < 1.29 is 9.59 Å². The minimum atomic E-state index is -0.238. The van der Waals surface area contributed by atoms with Crippen LogP contribution in [-0.4, -0.2) is 21.8 Å². The van der Waals surface area contributed by atoms with Crippen LogP contribution in [0.25, 0.3) is 11.3 Å². The number of amides is 2. The summed E-state index contributed by atoms with van der Waals surface area (Å²) in [5.41, 5.74) is 6.30. The molecule has 4 aromatic rings. The maximum atomic E-state index is 12.9. The molecule has 0 aliphatic heterocycles. The molecule has 6 nitrogen and oxygen atoms in total. The van der Waals surface area contributed by atoms with Crippen molar-refractivity contribution in [2.45, 2.75) is 20.4 Å². The second kappa shape index (κ2) is 9.87. The summed E-state index contributed by atoms with van der Waals surface area (Å²) in [4.78, 5) is 33.6. The molecular formula is C27H24N4O2. The van der Waals surface area contributed by atoms with Gasteiger partial charge in [-0.25, -0.2) is 0 Å². The van der Waals surface area contributed by atoms with Gasteiger partial charge in [0.05, 0.1) is 5.69 Å². The summed E-state index contributed by atoms with van der Waals surface area (Å²) in [5, 5.41) is 5.83. The standard InChI is InChI=1S/C27H24N4O2/c1-18-9-11-21(16-23(18)24-7-3-5-13-28-24)31-26(32)22-12-10-20(15-19(22)2)17-30-27(33)25-8-4-6-14-29-25/h3-16H,17H2,1-2H3,(H,30,33)(H,31,32). The van der Waals surface area contributed by atoms with E-state index in [-0.39, 0.29) is 11.8 Å². The zero-order valence-electron chi connectivity index (χ0n) is 18.5. The average molecular weight is 437 g/mol. The lowest BCUT2D eigenvalue weighted by atomic mass is 10.0. The van der Waals surface area contributed by atoms with Crippen molar-refractivity contribution in [2.75, 3.05) is 5.32 Å². The zero-order valence-corrected chi connectivity index (χ0v) is 18.5. The molecule has 2 aromatic carbocycles. The molecule has 0 atom stereocenters. The number of rotatable bonds is 6. The summed E-state index contributed by atoms with van der Waals surface area (Å²) in [7, 11) is 0. The van der Waals surface area contributed by atoms with Crippen molar-refractivity contribution in [3.8, 4) is 11.3 Å². The molecule has 0 unspecified atom stereocenters. The first-order valence-corrected chi connectivity index (χ1v) is 10.6. The Balaban J connectivity index is 1.44. The van der Waals surface area contributed by atoms with Crippen molar-refractivity contribution in [3.05, 3.63) is 113 Å². The molecule has 0 saturated carbocycles. The fourth-order valence-electron chi connectivity index (χ4n) is 3.56. The van der Waals surface area contributed by atoms with Crippen LogP contribution in [-0.2, 0) is 6.54 Å². The largest absolute Gasteiger partial charge is 0.347 e. The van der Waals surface area contributed by atoms with Gasteiger partial charge in [-0.3, -0.25) is 19.6 Å². The third-order valence-electron chi connectivity index (χ3n) is 5.32. The normalized spacial score (nSPS) is 10.5. The molecule has 4 rings (SSSR count). The smallest absolute Gasteiger partial charge is 0.270 e. The molecule has 0 spiro atoms. The molecule has 164 valence electrons. The number of hydrogen-bond donors (Lipinski definition) is 2. The number of carbonyl (C=O) groups excluding carboxylic acids is 2. The molecule has 2 aromatic heterocycles. The molecule has 33 heavy (non-hydrogen) atoms. The third-order valence-corrected chi connectivity index (χ3v) is 5.32. The number of nitrogens with zero attached hydrogens (tertiary/aromatic N) is 2. The van der Waals surface area contributed by atoms with Gasteiger partial charge in [-0.05, 0) is 73.0 Å². The van der Waals surface area contributed by atoms with Crippen molar-refractivity contribution in [1.29, 1.82) is 0 Å². The summed E-state index contributed by atoms with van der Waals surface area (Å²) < 4.78 is 0. The number of anilines is 1. The third kappa shape index (κ3) is 5.30. The van der Waals surface area contributed by atoms with E-state index in [9.17, 15) is 9.59 Å². The van der Waals surface area contributed by atoms with Crippen LogP contribution in [0.4, 0.5) is 5.69 Å². The lowest BCUT2D eigenvalue weighted by molar-refractivity contribution is 0.0945. The Morgan fingerprint density at radius 2 is 1.58 bits per heavy atom. The van der Waals surface area contributed by atoms with Crippen LogP contribution in [0.5, 0.6) is 0 Å². The van der Waals surface area contributed by atoms with Crippen LogP contribution >= 0.6 is 0 Å². The van der Waals surface area contributed by atoms with Crippen LogP contribution in [0.1, 0.15) is 37.5 Å². The Morgan fingerprint density at radius 3 is 2.27 bits per heavy atom.